The van der Waals surface area contributed by atoms with E-state index in [2.05, 4.69) is 17.1 Å². The lowest BCUT2D eigenvalue weighted by Gasteiger charge is -2.20. The van der Waals surface area contributed by atoms with Gasteiger partial charge in [0.05, 0.1) is 28.7 Å². The quantitative estimate of drug-likeness (QED) is 0.880. The summed E-state index contributed by atoms with van der Waals surface area (Å²) in [7, 11) is 1.76. The minimum absolute atomic E-state index is 0.371. The van der Waals surface area contributed by atoms with Gasteiger partial charge in [-0.15, -0.1) is 0 Å². The fourth-order valence-electron chi connectivity index (χ4n) is 1.80. The highest BCUT2D eigenvalue weighted by molar-refractivity contribution is 5.71. The zero-order chi connectivity index (χ0) is 13.8. The first-order valence-corrected chi connectivity index (χ1v) is 5.56. The first-order valence-electron chi connectivity index (χ1n) is 5.56. The summed E-state index contributed by atoms with van der Waals surface area (Å²) in [6, 6.07) is 12.9. The third-order valence-electron chi connectivity index (χ3n) is 2.71. The molecular formula is C14H11N5. The highest BCUT2D eigenvalue weighted by atomic mass is 15.2. The lowest BCUT2D eigenvalue weighted by Crippen LogP contribution is -2.14. The number of hydrogen-bond donors (Lipinski definition) is 1. The van der Waals surface area contributed by atoms with Gasteiger partial charge in [-0.2, -0.15) is 10.5 Å². The van der Waals surface area contributed by atoms with Gasteiger partial charge < -0.3 is 10.6 Å². The number of para-hydroxylation sites is 1. The fourth-order valence-corrected chi connectivity index (χ4v) is 1.80. The number of rotatable bonds is 2. The molecule has 19 heavy (non-hydrogen) atoms. The maximum Gasteiger partial charge on any atom is 0.150 e. The number of nitrogen functional groups attached to an aromatic ring is 1. The lowest BCUT2D eigenvalue weighted by atomic mass is 10.1. The Bertz CT molecular complexity index is 694. The third kappa shape index (κ3) is 2.31. The molecule has 0 aliphatic rings. The normalized spacial score (nSPS) is 9.42. The van der Waals surface area contributed by atoms with Crippen LogP contribution >= 0.6 is 0 Å². The minimum Gasteiger partial charge on any atom is -0.397 e. The number of aromatic nitrogens is 1. The molecule has 5 heteroatoms. The summed E-state index contributed by atoms with van der Waals surface area (Å²) < 4.78 is 0. The Balaban J connectivity index is 2.54. The molecule has 92 valence electrons. The number of nitrogens with two attached hydrogens (primary N) is 1. The molecule has 0 aliphatic heterocycles. The molecular weight excluding hydrogens is 238 g/mol. The molecule has 0 bridgehead atoms. The molecule has 1 aromatic heterocycles. The Kier molecular flexibility index (Phi) is 3.31. The van der Waals surface area contributed by atoms with Gasteiger partial charge in [0.25, 0.3) is 0 Å². The number of nitriles is 2. The van der Waals surface area contributed by atoms with Gasteiger partial charge in [0.2, 0.25) is 0 Å². The van der Waals surface area contributed by atoms with Crippen LogP contribution in [-0.2, 0) is 0 Å². The number of nitrogens with zero attached hydrogens (tertiary/aromatic N) is 4. The van der Waals surface area contributed by atoms with E-state index < -0.39 is 0 Å². The summed E-state index contributed by atoms with van der Waals surface area (Å²) in [4.78, 5) is 5.87. The molecule has 0 aliphatic carbocycles. The van der Waals surface area contributed by atoms with Crippen LogP contribution in [0.5, 0.6) is 0 Å². The number of anilines is 3. The van der Waals surface area contributed by atoms with Gasteiger partial charge in [-0.25, -0.2) is 4.98 Å². The Hall–Kier alpha value is -3.05. The van der Waals surface area contributed by atoms with Gasteiger partial charge in [-0.1, -0.05) is 12.1 Å². The van der Waals surface area contributed by atoms with Crippen LogP contribution in [0.3, 0.4) is 0 Å². The predicted octanol–water partition coefficient (Wildman–Crippen LogP) is 2.18. The SMILES string of the molecule is CN(c1ccccc1C#N)c1ncc(N)cc1C#N. The highest BCUT2D eigenvalue weighted by Gasteiger charge is 2.14. The van der Waals surface area contributed by atoms with E-state index in [1.54, 1.807) is 36.2 Å². The van der Waals surface area contributed by atoms with Crippen LogP contribution in [-0.4, -0.2) is 12.0 Å². The molecule has 2 aromatic rings. The molecule has 0 unspecified atom stereocenters. The van der Waals surface area contributed by atoms with E-state index in [9.17, 15) is 0 Å². The number of hydrogen-bond acceptors (Lipinski definition) is 5. The monoisotopic (exact) mass is 249 g/mol. The summed E-state index contributed by atoms with van der Waals surface area (Å²) in [5.74, 6) is 0.472. The van der Waals surface area contributed by atoms with Crippen LogP contribution in [0.2, 0.25) is 0 Å². The van der Waals surface area contributed by atoms with Gasteiger partial charge >= 0.3 is 0 Å². The largest absolute Gasteiger partial charge is 0.397 e. The van der Waals surface area contributed by atoms with Crippen molar-refractivity contribution in [2.24, 2.45) is 0 Å². The number of benzene rings is 1. The van der Waals surface area contributed by atoms with Gasteiger partial charge in [0, 0.05) is 7.05 Å². The summed E-state index contributed by atoms with van der Waals surface area (Å²) in [5, 5.41) is 18.2. The molecule has 0 atom stereocenters. The van der Waals surface area contributed by atoms with E-state index in [-0.39, 0.29) is 0 Å². The van der Waals surface area contributed by atoms with Crippen LogP contribution in [0.4, 0.5) is 17.2 Å². The van der Waals surface area contributed by atoms with Crippen molar-refractivity contribution in [3.05, 3.63) is 47.7 Å². The first-order chi connectivity index (χ1) is 9.17. The van der Waals surface area contributed by atoms with Crippen molar-refractivity contribution in [1.82, 2.24) is 4.98 Å². The molecule has 1 heterocycles. The molecule has 2 N–H and O–H groups in total. The second kappa shape index (κ2) is 5.07. The van der Waals surface area contributed by atoms with Crippen molar-refractivity contribution in [3.63, 3.8) is 0 Å². The van der Waals surface area contributed by atoms with Crippen LogP contribution in [0.1, 0.15) is 11.1 Å². The summed E-state index contributed by atoms with van der Waals surface area (Å²) in [6.07, 6.45) is 1.49. The van der Waals surface area contributed by atoms with Crippen molar-refractivity contribution in [1.29, 1.82) is 10.5 Å². The lowest BCUT2D eigenvalue weighted by molar-refractivity contribution is 1.11. The maximum absolute atomic E-state index is 9.13. The Morgan fingerprint density at radius 2 is 1.84 bits per heavy atom. The maximum atomic E-state index is 9.13. The van der Waals surface area contributed by atoms with E-state index >= 15 is 0 Å². The topological polar surface area (TPSA) is 89.7 Å². The van der Waals surface area contributed by atoms with E-state index in [0.29, 0.717) is 28.3 Å². The molecule has 0 amide bonds. The predicted molar refractivity (Wildman–Crippen MR) is 72.6 cm³/mol. The zero-order valence-corrected chi connectivity index (χ0v) is 10.3. The van der Waals surface area contributed by atoms with Crippen molar-refractivity contribution in [3.8, 4) is 12.1 Å². The second-order valence-electron chi connectivity index (χ2n) is 3.94. The molecule has 0 radical (unpaired) electrons. The average molecular weight is 249 g/mol. The fraction of sp³-hybridized carbons (Fsp3) is 0.0714. The van der Waals surface area contributed by atoms with Crippen LogP contribution in [0.15, 0.2) is 36.5 Å². The van der Waals surface area contributed by atoms with Crippen molar-refractivity contribution in [2.75, 3.05) is 17.7 Å². The summed E-state index contributed by atoms with van der Waals surface area (Å²) >= 11 is 0. The van der Waals surface area contributed by atoms with E-state index in [1.165, 1.54) is 6.20 Å². The molecule has 0 fully saturated rings. The van der Waals surface area contributed by atoms with Crippen LogP contribution in [0.25, 0.3) is 0 Å². The first kappa shape index (κ1) is 12.4. The Labute approximate surface area is 111 Å². The van der Waals surface area contributed by atoms with Crippen molar-refractivity contribution < 1.29 is 0 Å². The van der Waals surface area contributed by atoms with Crippen LogP contribution < -0.4 is 10.6 Å². The molecule has 5 nitrogen and oxygen atoms in total. The second-order valence-corrected chi connectivity index (χ2v) is 3.94. The third-order valence-corrected chi connectivity index (χ3v) is 2.71. The zero-order valence-electron chi connectivity index (χ0n) is 10.3. The summed E-state index contributed by atoms with van der Waals surface area (Å²) in [6.45, 7) is 0. The van der Waals surface area contributed by atoms with Crippen molar-refractivity contribution in [2.45, 2.75) is 0 Å². The van der Waals surface area contributed by atoms with Crippen molar-refractivity contribution >= 4 is 17.2 Å². The Morgan fingerprint density at radius 1 is 1.16 bits per heavy atom. The van der Waals surface area contributed by atoms with Gasteiger partial charge in [-0.3, -0.25) is 0 Å². The van der Waals surface area contributed by atoms with Gasteiger partial charge in [-0.05, 0) is 18.2 Å². The smallest absolute Gasteiger partial charge is 0.150 e. The Morgan fingerprint density at radius 3 is 2.53 bits per heavy atom. The molecule has 1 aromatic carbocycles. The summed E-state index contributed by atoms with van der Waals surface area (Å²) in [5.41, 5.74) is 7.63. The molecule has 0 saturated carbocycles. The van der Waals surface area contributed by atoms with E-state index in [4.69, 9.17) is 16.3 Å². The van der Waals surface area contributed by atoms with E-state index in [0.717, 1.165) is 0 Å². The van der Waals surface area contributed by atoms with Gasteiger partial charge in [0.1, 0.15) is 12.1 Å². The highest BCUT2D eigenvalue weighted by Crippen LogP contribution is 2.28. The average Bonchev–Trinajstić information content (AvgIpc) is 2.46. The van der Waals surface area contributed by atoms with Gasteiger partial charge in [0.15, 0.2) is 5.82 Å². The standard InChI is InChI=1S/C14H11N5/c1-19(13-5-3-2-4-10(13)7-15)14-11(8-16)6-12(17)9-18-14/h2-6,9H,17H2,1H3. The minimum atomic E-state index is 0.371. The van der Waals surface area contributed by atoms with Crippen LogP contribution in [0, 0.1) is 22.7 Å². The molecule has 2 rings (SSSR count). The van der Waals surface area contributed by atoms with E-state index in [1.807, 2.05) is 6.07 Å². The molecule has 0 spiro atoms. The number of pyridine rings is 1. The molecule has 0 saturated heterocycles.